The second kappa shape index (κ2) is 10.7. The Hall–Kier alpha value is -2.47. The fourth-order valence-electron chi connectivity index (χ4n) is 4.56. The number of carbonyl (C=O) groups is 1. The maximum atomic E-state index is 12.5. The molecule has 0 saturated carbocycles. The Kier molecular flexibility index (Phi) is 8.25. The lowest BCUT2D eigenvalue weighted by Gasteiger charge is -2.40. The largest absolute Gasteiger partial charge is 0.479 e. The van der Waals surface area contributed by atoms with Gasteiger partial charge in [-0.25, -0.2) is 4.79 Å². The minimum absolute atomic E-state index is 0.267. The van der Waals surface area contributed by atoms with Gasteiger partial charge in [0.25, 0.3) is 0 Å². The van der Waals surface area contributed by atoms with Crippen molar-refractivity contribution in [3.05, 3.63) is 41.3 Å². The number of carboxylic acid groups (broad SMARTS) is 1. The summed E-state index contributed by atoms with van der Waals surface area (Å²) in [6, 6.07) is 4.18. The van der Waals surface area contributed by atoms with Gasteiger partial charge in [0.15, 0.2) is 6.10 Å². The molecule has 0 bridgehead atoms. The molecule has 35 heavy (non-hydrogen) atoms. The molecule has 1 aliphatic heterocycles. The lowest BCUT2D eigenvalue weighted by atomic mass is 9.82. The van der Waals surface area contributed by atoms with Gasteiger partial charge in [-0.1, -0.05) is 33.8 Å². The zero-order chi connectivity index (χ0) is 26.0. The minimum Gasteiger partial charge on any atom is -0.479 e. The number of hydrogen-bond donors (Lipinski definition) is 1. The summed E-state index contributed by atoms with van der Waals surface area (Å²) in [5.41, 5.74) is 4.74. The standard InChI is InChI=1S/C29H43N3O3/c1-19(2)9-10-21-11-12-23(31-17-21)22-18-30-20(3)24(26(27(33)34)35-28(4,5)6)25(22)32-15-13-29(7,8)14-16-32/h11-12,17-19,26H,9-10,13-16H2,1-8H3,(H,33,34)/t26-/m0/s1. The summed E-state index contributed by atoms with van der Waals surface area (Å²) in [5.74, 6) is -0.359. The first-order chi connectivity index (χ1) is 16.3. The molecule has 0 amide bonds. The van der Waals surface area contributed by atoms with Crippen molar-refractivity contribution in [3.63, 3.8) is 0 Å². The summed E-state index contributed by atoms with van der Waals surface area (Å²) in [5, 5.41) is 10.2. The molecule has 6 heteroatoms. The average molecular weight is 482 g/mol. The lowest BCUT2D eigenvalue weighted by Crippen LogP contribution is -2.39. The van der Waals surface area contributed by atoms with Gasteiger partial charge < -0.3 is 14.7 Å². The second-order valence-electron chi connectivity index (χ2n) is 12.1. The first-order valence-corrected chi connectivity index (χ1v) is 12.9. The van der Waals surface area contributed by atoms with Crippen LogP contribution < -0.4 is 4.90 Å². The van der Waals surface area contributed by atoms with E-state index in [0.717, 1.165) is 55.7 Å². The van der Waals surface area contributed by atoms with Gasteiger partial charge in [-0.2, -0.15) is 0 Å². The van der Waals surface area contributed by atoms with Crippen LogP contribution in [0, 0.1) is 18.3 Å². The predicted octanol–water partition coefficient (Wildman–Crippen LogP) is 6.61. The number of carboxylic acids is 1. The molecule has 2 aromatic heterocycles. The number of ether oxygens (including phenoxy) is 1. The number of anilines is 1. The van der Waals surface area contributed by atoms with Gasteiger partial charge in [-0.05, 0) is 76.3 Å². The third-order valence-electron chi connectivity index (χ3n) is 6.79. The van der Waals surface area contributed by atoms with Gasteiger partial charge in [0.1, 0.15) is 0 Å². The quantitative estimate of drug-likeness (QED) is 0.457. The molecule has 2 aromatic rings. The van der Waals surface area contributed by atoms with Crippen LogP contribution in [0.2, 0.25) is 0 Å². The topological polar surface area (TPSA) is 75.5 Å². The second-order valence-corrected chi connectivity index (χ2v) is 12.1. The highest BCUT2D eigenvalue weighted by Crippen LogP contribution is 2.43. The molecule has 1 aliphatic rings. The number of aromatic nitrogens is 2. The highest BCUT2D eigenvalue weighted by molar-refractivity contribution is 5.85. The third kappa shape index (κ3) is 7.03. The van der Waals surface area contributed by atoms with Crippen LogP contribution in [0.5, 0.6) is 0 Å². The van der Waals surface area contributed by atoms with Crippen molar-refractivity contribution < 1.29 is 14.6 Å². The van der Waals surface area contributed by atoms with Crippen molar-refractivity contribution >= 4 is 11.7 Å². The van der Waals surface area contributed by atoms with Gasteiger partial charge in [0.05, 0.1) is 17.0 Å². The minimum atomic E-state index is -1.11. The van der Waals surface area contributed by atoms with Gasteiger partial charge in [0, 0.05) is 42.3 Å². The van der Waals surface area contributed by atoms with Crippen LogP contribution in [0.25, 0.3) is 11.3 Å². The molecule has 1 N–H and O–H groups in total. The Morgan fingerprint density at radius 2 is 1.80 bits per heavy atom. The Bertz CT molecular complexity index is 1010. The summed E-state index contributed by atoms with van der Waals surface area (Å²) < 4.78 is 6.12. The van der Waals surface area contributed by atoms with Crippen molar-refractivity contribution in [1.82, 2.24) is 9.97 Å². The van der Waals surface area contributed by atoms with Gasteiger partial charge in [-0.3, -0.25) is 9.97 Å². The summed E-state index contributed by atoms with van der Waals surface area (Å²) in [4.78, 5) is 24.3. The smallest absolute Gasteiger partial charge is 0.337 e. The van der Waals surface area contributed by atoms with Crippen LogP contribution >= 0.6 is 0 Å². The number of aliphatic carboxylic acids is 1. The number of nitrogens with zero attached hydrogens (tertiary/aromatic N) is 3. The van der Waals surface area contributed by atoms with Gasteiger partial charge in [0.2, 0.25) is 0 Å². The Morgan fingerprint density at radius 3 is 2.31 bits per heavy atom. The lowest BCUT2D eigenvalue weighted by molar-refractivity contribution is -0.160. The van der Waals surface area contributed by atoms with E-state index in [1.807, 2.05) is 46.2 Å². The predicted molar refractivity (Wildman–Crippen MR) is 142 cm³/mol. The van der Waals surface area contributed by atoms with Gasteiger partial charge in [-0.15, -0.1) is 0 Å². The van der Waals surface area contributed by atoms with E-state index < -0.39 is 17.7 Å². The van der Waals surface area contributed by atoms with E-state index >= 15 is 0 Å². The van der Waals surface area contributed by atoms with Crippen molar-refractivity contribution in [3.8, 4) is 11.3 Å². The molecule has 3 rings (SSSR count). The van der Waals surface area contributed by atoms with Crippen LogP contribution in [0.15, 0.2) is 24.5 Å². The van der Waals surface area contributed by atoms with E-state index in [0.29, 0.717) is 17.2 Å². The highest BCUT2D eigenvalue weighted by atomic mass is 16.5. The fraction of sp³-hybridized carbons (Fsp3) is 0.621. The first kappa shape index (κ1) is 27.1. The molecule has 1 saturated heterocycles. The molecule has 192 valence electrons. The van der Waals surface area contributed by atoms with Crippen molar-refractivity contribution in [2.75, 3.05) is 18.0 Å². The van der Waals surface area contributed by atoms with Crippen molar-refractivity contribution in [2.45, 2.75) is 92.8 Å². The van der Waals surface area contributed by atoms with E-state index in [-0.39, 0.29) is 5.41 Å². The maximum absolute atomic E-state index is 12.5. The molecule has 6 nitrogen and oxygen atoms in total. The van der Waals surface area contributed by atoms with Crippen LogP contribution in [0.3, 0.4) is 0 Å². The SMILES string of the molecule is Cc1ncc(-c2ccc(CCC(C)C)cn2)c(N2CCC(C)(C)CC2)c1[C@H](OC(C)(C)C)C(=O)O. The van der Waals surface area contributed by atoms with Crippen molar-refractivity contribution in [1.29, 1.82) is 0 Å². The number of pyridine rings is 2. The molecule has 0 aromatic carbocycles. The summed E-state index contributed by atoms with van der Waals surface area (Å²) in [6.45, 7) is 18.3. The molecule has 0 radical (unpaired) electrons. The first-order valence-electron chi connectivity index (χ1n) is 12.9. The van der Waals surface area contributed by atoms with E-state index in [2.05, 4.69) is 43.6 Å². The van der Waals surface area contributed by atoms with Crippen LogP contribution in [0.4, 0.5) is 5.69 Å². The molecule has 1 fully saturated rings. The monoisotopic (exact) mass is 481 g/mol. The normalized spacial score (nSPS) is 17.0. The summed E-state index contributed by atoms with van der Waals surface area (Å²) >= 11 is 0. The average Bonchev–Trinajstić information content (AvgIpc) is 2.76. The van der Waals surface area contributed by atoms with E-state index in [4.69, 9.17) is 9.72 Å². The van der Waals surface area contributed by atoms with Crippen molar-refractivity contribution in [2.24, 2.45) is 11.3 Å². The highest BCUT2D eigenvalue weighted by Gasteiger charge is 2.35. The summed E-state index contributed by atoms with van der Waals surface area (Å²) in [6.07, 6.45) is 6.87. The molecule has 0 unspecified atom stereocenters. The van der Waals surface area contributed by atoms with Crippen LogP contribution in [-0.2, 0) is 16.0 Å². The zero-order valence-electron chi connectivity index (χ0n) is 22.8. The molecular weight excluding hydrogens is 438 g/mol. The Morgan fingerprint density at radius 1 is 1.14 bits per heavy atom. The number of piperidine rings is 1. The Labute approximate surface area is 211 Å². The zero-order valence-corrected chi connectivity index (χ0v) is 22.8. The number of rotatable bonds is 8. The Balaban J connectivity index is 2.13. The summed E-state index contributed by atoms with van der Waals surface area (Å²) in [7, 11) is 0. The number of hydrogen-bond acceptors (Lipinski definition) is 5. The molecular formula is C29H43N3O3. The third-order valence-corrected chi connectivity index (χ3v) is 6.79. The molecule has 3 heterocycles. The van der Waals surface area contributed by atoms with E-state index in [1.54, 1.807) is 0 Å². The van der Waals surface area contributed by atoms with E-state index in [9.17, 15) is 9.90 Å². The molecule has 0 spiro atoms. The maximum Gasteiger partial charge on any atom is 0.337 e. The number of aryl methyl sites for hydroxylation is 2. The fourth-order valence-corrected chi connectivity index (χ4v) is 4.56. The van der Waals surface area contributed by atoms with Crippen LogP contribution in [-0.4, -0.2) is 39.7 Å². The van der Waals surface area contributed by atoms with Crippen LogP contribution in [0.1, 0.15) is 90.7 Å². The molecule has 0 aliphatic carbocycles. The van der Waals surface area contributed by atoms with Gasteiger partial charge >= 0.3 is 5.97 Å². The van der Waals surface area contributed by atoms with E-state index in [1.165, 1.54) is 5.56 Å². The molecule has 1 atom stereocenters.